The quantitative estimate of drug-likeness (QED) is 0.813. The number of fused-ring (bicyclic) bond motifs is 1. The first-order valence-electron chi connectivity index (χ1n) is 7.19. The number of pyridine rings is 1. The lowest BCUT2D eigenvalue weighted by molar-refractivity contribution is -0.116. The summed E-state index contributed by atoms with van der Waals surface area (Å²) in [6, 6.07) is 7.63. The molecule has 1 aromatic carbocycles. The Bertz CT molecular complexity index is 749. The van der Waals surface area contributed by atoms with Crippen LogP contribution in [0.15, 0.2) is 36.5 Å². The molecule has 0 fully saturated rings. The lowest BCUT2D eigenvalue weighted by Crippen LogP contribution is -2.29. The molecule has 6 nitrogen and oxygen atoms in total. The number of urea groups is 1. The number of aryl methyl sites for hydroxylation is 1. The number of nitrogens with zero attached hydrogens (tertiary/aromatic N) is 1. The van der Waals surface area contributed by atoms with Crippen molar-refractivity contribution in [2.24, 2.45) is 0 Å². The standard InChI is InChI=1S/C16H15FN4O2/c17-12-8-13-10(4-5-15(22)20-13)7-14(12)21-16(23)19-9-11-3-1-2-6-18-11/h1-3,6-8H,4-5,9H2,(H,20,22)(H2,19,21,23). The first-order valence-corrected chi connectivity index (χ1v) is 7.19. The monoisotopic (exact) mass is 314 g/mol. The van der Waals surface area contributed by atoms with Crippen LogP contribution in [0, 0.1) is 5.82 Å². The average molecular weight is 314 g/mol. The lowest BCUT2D eigenvalue weighted by Gasteiger charge is -2.18. The number of hydrogen-bond acceptors (Lipinski definition) is 3. The highest BCUT2D eigenvalue weighted by atomic mass is 19.1. The van der Waals surface area contributed by atoms with Crippen LogP contribution in [0.3, 0.4) is 0 Å². The summed E-state index contributed by atoms with van der Waals surface area (Å²) in [5.74, 6) is -0.732. The van der Waals surface area contributed by atoms with E-state index < -0.39 is 11.8 Å². The van der Waals surface area contributed by atoms with E-state index in [-0.39, 0.29) is 18.1 Å². The largest absolute Gasteiger partial charge is 0.332 e. The third kappa shape index (κ3) is 3.63. The SMILES string of the molecule is O=C1CCc2cc(NC(=O)NCc3ccccn3)c(F)cc2N1. The van der Waals surface area contributed by atoms with Crippen molar-refractivity contribution < 1.29 is 14.0 Å². The predicted octanol–water partition coefficient (Wildman–Crippen LogP) is 2.43. The van der Waals surface area contributed by atoms with Gasteiger partial charge in [0.25, 0.3) is 0 Å². The zero-order chi connectivity index (χ0) is 16.2. The van der Waals surface area contributed by atoms with Crippen molar-refractivity contribution >= 4 is 23.3 Å². The number of rotatable bonds is 3. The van der Waals surface area contributed by atoms with Gasteiger partial charge in [0.05, 0.1) is 17.9 Å². The average Bonchev–Trinajstić information content (AvgIpc) is 2.55. The molecule has 1 aromatic heterocycles. The van der Waals surface area contributed by atoms with Crippen LogP contribution < -0.4 is 16.0 Å². The first kappa shape index (κ1) is 15.0. The molecule has 1 aliphatic heterocycles. The molecule has 3 rings (SSSR count). The van der Waals surface area contributed by atoms with E-state index in [1.165, 1.54) is 6.07 Å². The Balaban J connectivity index is 1.65. The number of aromatic nitrogens is 1. The molecule has 2 heterocycles. The van der Waals surface area contributed by atoms with Gasteiger partial charge in [0, 0.05) is 18.3 Å². The number of carbonyl (C=O) groups is 2. The second-order valence-electron chi connectivity index (χ2n) is 5.17. The highest BCUT2D eigenvalue weighted by molar-refractivity contribution is 5.95. The van der Waals surface area contributed by atoms with Crippen molar-refractivity contribution in [3.8, 4) is 0 Å². The Kier molecular flexibility index (Phi) is 4.18. The summed E-state index contributed by atoms with van der Waals surface area (Å²) in [6.07, 6.45) is 2.50. The zero-order valence-electron chi connectivity index (χ0n) is 12.2. The molecule has 3 amide bonds. The van der Waals surface area contributed by atoms with E-state index in [4.69, 9.17) is 0 Å². The number of halogens is 1. The van der Waals surface area contributed by atoms with E-state index >= 15 is 0 Å². The van der Waals surface area contributed by atoms with Crippen molar-refractivity contribution in [3.05, 3.63) is 53.6 Å². The van der Waals surface area contributed by atoms with Gasteiger partial charge in [-0.2, -0.15) is 0 Å². The van der Waals surface area contributed by atoms with E-state index in [0.29, 0.717) is 24.2 Å². The summed E-state index contributed by atoms with van der Waals surface area (Å²) in [7, 11) is 0. The van der Waals surface area contributed by atoms with E-state index in [2.05, 4.69) is 20.9 Å². The van der Waals surface area contributed by atoms with Crippen LogP contribution >= 0.6 is 0 Å². The lowest BCUT2D eigenvalue weighted by atomic mass is 10.0. The van der Waals surface area contributed by atoms with Crippen molar-refractivity contribution in [2.75, 3.05) is 10.6 Å². The second kappa shape index (κ2) is 6.43. The first-order chi connectivity index (χ1) is 11.1. The Morgan fingerprint density at radius 1 is 1.30 bits per heavy atom. The van der Waals surface area contributed by atoms with Gasteiger partial charge in [0.15, 0.2) is 0 Å². The molecule has 0 saturated heterocycles. The Labute approximate surface area is 132 Å². The molecule has 0 unspecified atom stereocenters. The van der Waals surface area contributed by atoms with Crippen LogP contribution in [0.2, 0.25) is 0 Å². The van der Waals surface area contributed by atoms with Gasteiger partial charge in [-0.15, -0.1) is 0 Å². The minimum atomic E-state index is -0.598. The van der Waals surface area contributed by atoms with Crippen molar-refractivity contribution in [1.82, 2.24) is 10.3 Å². The third-order valence-corrected chi connectivity index (χ3v) is 3.49. The molecule has 118 valence electrons. The van der Waals surface area contributed by atoms with E-state index in [1.807, 2.05) is 6.07 Å². The minimum absolute atomic E-state index is 0.0819. The summed E-state index contributed by atoms with van der Waals surface area (Å²) in [4.78, 5) is 27.3. The van der Waals surface area contributed by atoms with Crippen molar-refractivity contribution in [2.45, 2.75) is 19.4 Å². The Hall–Kier alpha value is -2.96. The molecule has 0 radical (unpaired) electrons. The molecule has 0 spiro atoms. The van der Waals surface area contributed by atoms with Gasteiger partial charge < -0.3 is 16.0 Å². The molecule has 2 aromatic rings. The van der Waals surface area contributed by atoms with E-state index in [0.717, 1.165) is 5.56 Å². The van der Waals surface area contributed by atoms with Gasteiger partial charge in [-0.25, -0.2) is 9.18 Å². The number of hydrogen-bond donors (Lipinski definition) is 3. The van der Waals surface area contributed by atoms with Crippen LogP contribution in [0.4, 0.5) is 20.6 Å². The van der Waals surface area contributed by atoms with E-state index in [9.17, 15) is 14.0 Å². The summed E-state index contributed by atoms with van der Waals surface area (Å²) in [6.45, 7) is 0.245. The fourth-order valence-corrected chi connectivity index (χ4v) is 2.34. The maximum absolute atomic E-state index is 14.0. The molecular weight excluding hydrogens is 299 g/mol. The fraction of sp³-hybridized carbons (Fsp3) is 0.188. The summed E-state index contributed by atoms with van der Waals surface area (Å²) in [5.41, 5.74) is 2.04. The molecule has 3 N–H and O–H groups in total. The number of benzene rings is 1. The summed E-state index contributed by atoms with van der Waals surface area (Å²) < 4.78 is 14.0. The third-order valence-electron chi connectivity index (χ3n) is 3.49. The second-order valence-corrected chi connectivity index (χ2v) is 5.17. The maximum Gasteiger partial charge on any atom is 0.319 e. The Morgan fingerprint density at radius 2 is 2.17 bits per heavy atom. The van der Waals surface area contributed by atoms with Gasteiger partial charge >= 0.3 is 6.03 Å². The molecule has 0 aliphatic carbocycles. The molecule has 23 heavy (non-hydrogen) atoms. The van der Waals surface area contributed by atoms with Crippen LogP contribution in [0.5, 0.6) is 0 Å². The summed E-state index contributed by atoms with van der Waals surface area (Å²) in [5, 5.41) is 7.70. The predicted molar refractivity (Wildman–Crippen MR) is 83.4 cm³/mol. The molecule has 7 heteroatoms. The van der Waals surface area contributed by atoms with Crippen molar-refractivity contribution in [1.29, 1.82) is 0 Å². The van der Waals surface area contributed by atoms with Gasteiger partial charge in [-0.1, -0.05) is 6.07 Å². The van der Waals surface area contributed by atoms with Gasteiger partial charge in [-0.3, -0.25) is 9.78 Å². The smallest absolute Gasteiger partial charge is 0.319 e. The molecule has 1 aliphatic rings. The topological polar surface area (TPSA) is 83.1 Å². The van der Waals surface area contributed by atoms with Gasteiger partial charge in [0.2, 0.25) is 5.91 Å². The molecule has 0 bridgehead atoms. The van der Waals surface area contributed by atoms with Crippen LogP contribution in [-0.4, -0.2) is 16.9 Å². The molecule has 0 atom stereocenters. The van der Waals surface area contributed by atoms with Gasteiger partial charge in [0.1, 0.15) is 5.82 Å². The van der Waals surface area contributed by atoms with Crippen molar-refractivity contribution in [3.63, 3.8) is 0 Å². The number of carbonyl (C=O) groups excluding carboxylic acids is 2. The van der Waals surface area contributed by atoms with Gasteiger partial charge in [-0.05, 0) is 36.2 Å². The highest BCUT2D eigenvalue weighted by Crippen LogP contribution is 2.28. The number of nitrogens with one attached hydrogen (secondary N) is 3. The van der Waals surface area contributed by atoms with E-state index in [1.54, 1.807) is 24.4 Å². The Morgan fingerprint density at radius 3 is 2.96 bits per heavy atom. The van der Waals surface area contributed by atoms with Crippen LogP contribution in [0.25, 0.3) is 0 Å². The maximum atomic E-state index is 14.0. The van der Waals surface area contributed by atoms with Crippen LogP contribution in [-0.2, 0) is 17.8 Å². The number of anilines is 2. The summed E-state index contributed by atoms with van der Waals surface area (Å²) >= 11 is 0. The molecular formula is C16H15FN4O2. The highest BCUT2D eigenvalue weighted by Gasteiger charge is 2.18. The minimum Gasteiger partial charge on any atom is -0.332 e. The fourth-order valence-electron chi connectivity index (χ4n) is 2.34. The zero-order valence-corrected chi connectivity index (χ0v) is 12.2. The molecule has 0 saturated carbocycles. The number of amides is 3. The van der Waals surface area contributed by atoms with Crippen LogP contribution in [0.1, 0.15) is 17.7 Å². The normalized spacial score (nSPS) is 13.0.